The highest BCUT2D eigenvalue weighted by Crippen LogP contribution is 2.22. The molecule has 3 rings (SSSR count). The van der Waals surface area contributed by atoms with E-state index in [1.54, 1.807) is 22.8 Å². The van der Waals surface area contributed by atoms with Crippen LogP contribution in [0.5, 0.6) is 0 Å². The van der Waals surface area contributed by atoms with Crippen molar-refractivity contribution >= 4 is 44.9 Å². The Hall–Kier alpha value is -3.50. The Bertz CT molecular complexity index is 1420. The second kappa shape index (κ2) is 12.0. The Morgan fingerprint density at radius 2 is 1.83 bits per heavy atom. The first-order valence-electron chi connectivity index (χ1n) is 11.8. The third kappa shape index (κ3) is 7.02. The monoisotopic (exact) mass is 514 g/mol. The summed E-state index contributed by atoms with van der Waals surface area (Å²) < 4.78 is 41.6. The van der Waals surface area contributed by atoms with E-state index in [0.717, 1.165) is 24.2 Å². The first kappa shape index (κ1) is 27.1. The number of aliphatic carboxylic acids is 1. The average Bonchev–Trinajstić information content (AvgIpc) is 2.83. The van der Waals surface area contributed by atoms with Crippen LogP contribution in [0.3, 0.4) is 0 Å². The van der Waals surface area contributed by atoms with Crippen molar-refractivity contribution in [2.75, 3.05) is 18.0 Å². The average molecular weight is 515 g/mol. The van der Waals surface area contributed by atoms with Crippen LogP contribution in [0.2, 0.25) is 0 Å². The molecule has 36 heavy (non-hydrogen) atoms. The molecule has 0 spiro atoms. The molecule has 3 aromatic rings. The minimum Gasteiger partial charge on any atom is -0.744 e. The number of aryl methyl sites for hydroxylation is 1. The van der Waals surface area contributed by atoms with E-state index in [0.29, 0.717) is 42.6 Å². The largest absolute Gasteiger partial charge is 0.744 e. The molecular formula is C26H30N2O7S. The minimum absolute atomic E-state index is 0.0561. The van der Waals surface area contributed by atoms with Crippen LogP contribution in [0.1, 0.15) is 50.8 Å². The van der Waals surface area contributed by atoms with Crippen molar-refractivity contribution in [1.29, 1.82) is 0 Å². The number of carbonyl (C=O) groups is 1. The zero-order valence-corrected chi connectivity index (χ0v) is 21.2. The minimum atomic E-state index is -4.64. The Labute approximate surface area is 210 Å². The standard InChI is InChI=1S/C26H30N2O7S/c1-3-27(4-2)22-12-9-19-16-20(26(31)35-24(19)17-22)10-11-21-13-14-23(36(32,33)34)18-28(21)15-7-5-6-8-25(29)30/h9-14,16-18H,3-8,15H2,1-2H3,(H-,29,30,32,33,34). The van der Waals surface area contributed by atoms with Crippen LogP contribution in [0.15, 0.2) is 56.7 Å². The Morgan fingerprint density at radius 1 is 1.08 bits per heavy atom. The van der Waals surface area contributed by atoms with Crippen LogP contribution in [0.4, 0.5) is 5.69 Å². The highest BCUT2D eigenvalue weighted by Gasteiger charge is 2.14. The molecule has 2 aromatic heterocycles. The number of hydrogen-bond acceptors (Lipinski definition) is 7. The molecule has 0 unspecified atom stereocenters. The lowest BCUT2D eigenvalue weighted by Gasteiger charge is -2.20. The Kier molecular flexibility index (Phi) is 9.00. The number of unbranched alkanes of at least 4 members (excludes halogenated alkanes) is 2. The molecule has 0 aliphatic rings. The fourth-order valence-corrected chi connectivity index (χ4v) is 4.45. The summed E-state index contributed by atoms with van der Waals surface area (Å²) in [6.07, 6.45) is 6.27. The molecule has 0 atom stereocenters. The van der Waals surface area contributed by atoms with Gasteiger partial charge in [0.25, 0.3) is 0 Å². The molecule has 1 aromatic carbocycles. The van der Waals surface area contributed by atoms with Crippen molar-refractivity contribution in [3.05, 3.63) is 64.3 Å². The Balaban J connectivity index is 1.89. The highest BCUT2D eigenvalue weighted by molar-refractivity contribution is 7.85. The summed E-state index contributed by atoms with van der Waals surface area (Å²) in [5, 5.41) is 9.54. The number of benzene rings is 1. The topological polar surface area (TPSA) is 132 Å². The van der Waals surface area contributed by atoms with Crippen LogP contribution in [0, 0.1) is 0 Å². The van der Waals surface area contributed by atoms with Gasteiger partial charge in [-0.25, -0.2) is 13.2 Å². The molecule has 0 saturated heterocycles. The third-order valence-electron chi connectivity index (χ3n) is 5.92. The fourth-order valence-electron chi connectivity index (χ4n) is 3.96. The maximum absolute atomic E-state index is 12.6. The van der Waals surface area contributed by atoms with Gasteiger partial charge in [0.15, 0.2) is 6.20 Å². The van der Waals surface area contributed by atoms with Gasteiger partial charge in [-0.1, -0.05) is 0 Å². The molecule has 0 radical (unpaired) electrons. The molecule has 0 aliphatic carbocycles. The number of aromatic nitrogens is 1. The number of hydrogen-bond donors (Lipinski definition) is 1. The molecule has 0 aliphatic heterocycles. The molecule has 2 heterocycles. The number of anilines is 1. The third-order valence-corrected chi connectivity index (χ3v) is 6.74. The Morgan fingerprint density at radius 3 is 2.50 bits per heavy atom. The predicted molar refractivity (Wildman–Crippen MR) is 136 cm³/mol. The van der Waals surface area contributed by atoms with Crippen LogP contribution < -0.4 is 15.1 Å². The van der Waals surface area contributed by atoms with Crippen molar-refractivity contribution in [2.24, 2.45) is 0 Å². The number of carboxylic acid groups (broad SMARTS) is 1. The van der Waals surface area contributed by atoms with Gasteiger partial charge < -0.3 is 19.0 Å². The van der Waals surface area contributed by atoms with Gasteiger partial charge >= 0.3 is 11.6 Å². The molecule has 1 N–H and O–H groups in total. The lowest BCUT2D eigenvalue weighted by molar-refractivity contribution is -0.700. The normalized spacial score (nSPS) is 11.9. The number of rotatable bonds is 12. The number of carboxylic acids is 1. The number of pyridine rings is 1. The summed E-state index contributed by atoms with van der Waals surface area (Å²) in [7, 11) is -4.64. The molecule has 0 fully saturated rings. The maximum Gasteiger partial charge on any atom is 0.343 e. The van der Waals surface area contributed by atoms with Crippen LogP contribution in [-0.2, 0) is 21.5 Å². The predicted octanol–water partition coefficient (Wildman–Crippen LogP) is 3.65. The molecule has 0 saturated carbocycles. The molecule has 9 nitrogen and oxygen atoms in total. The summed E-state index contributed by atoms with van der Waals surface area (Å²) in [4.78, 5) is 25.1. The second-order valence-electron chi connectivity index (χ2n) is 8.36. The molecule has 0 amide bonds. The van der Waals surface area contributed by atoms with Gasteiger partial charge in [0.1, 0.15) is 27.1 Å². The zero-order valence-electron chi connectivity index (χ0n) is 20.3. The van der Waals surface area contributed by atoms with Gasteiger partial charge in [-0.3, -0.25) is 4.79 Å². The van der Waals surface area contributed by atoms with Gasteiger partial charge in [-0.2, -0.15) is 4.57 Å². The maximum atomic E-state index is 12.6. The van der Waals surface area contributed by atoms with Crippen molar-refractivity contribution in [3.8, 4) is 0 Å². The first-order valence-corrected chi connectivity index (χ1v) is 13.2. The second-order valence-corrected chi connectivity index (χ2v) is 9.74. The summed E-state index contributed by atoms with van der Waals surface area (Å²) in [6.45, 7) is 6.15. The van der Waals surface area contributed by atoms with Gasteiger partial charge in [0.2, 0.25) is 5.69 Å². The van der Waals surface area contributed by atoms with E-state index in [-0.39, 0.29) is 11.3 Å². The highest BCUT2D eigenvalue weighted by atomic mass is 32.2. The summed E-state index contributed by atoms with van der Waals surface area (Å²) in [5.74, 6) is -0.871. The van der Waals surface area contributed by atoms with E-state index in [2.05, 4.69) is 18.7 Å². The first-order chi connectivity index (χ1) is 17.1. The summed E-state index contributed by atoms with van der Waals surface area (Å²) >= 11 is 0. The van der Waals surface area contributed by atoms with E-state index >= 15 is 0 Å². The van der Waals surface area contributed by atoms with Crippen molar-refractivity contribution < 1.29 is 31.9 Å². The van der Waals surface area contributed by atoms with E-state index < -0.39 is 21.7 Å². The lowest BCUT2D eigenvalue weighted by atomic mass is 10.1. The van der Waals surface area contributed by atoms with Crippen LogP contribution in [-0.4, -0.2) is 37.1 Å². The zero-order chi connectivity index (χ0) is 26.3. The summed E-state index contributed by atoms with van der Waals surface area (Å²) in [5.41, 5.74) is 1.86. The van der Waals surface area contributed by atoms with Crippen LogP contribution in [0.25, 0.3) is 23.1 Å². The van der Waals surface area contributed by atoms with Crippen molar-refractivity contribution in [1.82, 2.24) is 0 Å². The summed E-state index contributed by atoms with van der Waals surface area (Å²) in [6, 6.07) is 10.2. The number of nitrogens with zero attached hydrogens (tertiary/aromatic N) is 2. The van der Waals surface area contributed by atoms with Crippen molar-refractivity contribution in [2.45, 2.75) is 51.0 Å². The molecule has 0 bridgehead atoms. The van der Waals surface area contributed by atoms with Gasteiger partial charge in [-0.15, -0.1) is 0 Å². The quantitative estimate of drug-likeness (QED) is 0.168. The fraction of sp³-hybridized carbons (Fsp3) is 0.346. The lowest BCUT2D eigenvalue weighted by Crippen LogP contribution is -2.37. The molecular weight excluding hydrogens is 484 g/mol. The molecule has 10 heteroatoms. The van der Waals surface area contributed by atoms with E-state index in [1.807, 2.05) is 18.2 Å². The number of fused-ring (bicyclic) bond motifs is 1. The van der Waals surface area contributed by atoms with Crippen molar-refractivity contribution in [3.63, 3.8) is 0 Å². The smallest absolute Gasteiger partial charge is 0.343 e. The van der Waals surface area contributed by atoms with E-state index in [9.17, 15) is 22.6 Å². The van der Waals surface area contributed by atoms with E-state index in [4.69, 9.17) is 9.52 Å². The van der Waals surface area contributed by atoms with Gasteiger partial charge in [0.05, 0.1) is 5.56 Å². The van der Waals surface area contributed by atoms with Crippen LogP contribution >= 0.6 is 0 Å². The van der Waals surface area contributed by atoms with Gasteiger partial charge in [0, 0.05) is 55.2 Å². The van der Waals surface area contributed by atoms with E-state index in [1.165, 1.54) is 18.3 Å². The molecule has 192 valence electrons. The van der Waals surface area contributed by atoms with Gasteiger partial charge in [-0.05, 0) is 57.0 Å². The SMILES string of the molecule is CCN(CC)c1ccc2cc(/C=C/c3ccc(S(=O)(=O)[O-])c[n+]3CCCCCC(=O)O)c(=O)oc2c1.